The lowest BCUT2D eigenvalue weighted by atomic mass is 10.3. The number of benzene rings is 1. The summed E-state index contributed by atoms with van der Waals surface area (Å²) in [6, 6.07) is 4.83. The number of ether oxygens (including phenoxy) is 1. The fourth-order valence-electron chi connectivity index (χ4n) is 1.28. The maximum Gasteiger partial charge on any atom is 0.243 e. The van der Waals surface area contributed by atoms with E-state index in [4.69, 9.17) is 4.74 Å². The Hall–Kier alpha value is -0.980. The van der Waals surface area contributed by atoms with Crippen LogP contribution in [-0.2, 0) is 14.8 Å². The molecule has 4 nitrogen and oxygen atoms in total. The molecule has 1 N–H and O–H groups in total. The molecule has 0 aliphatic rings. The summed E-state index contributed by atoms with van der Waals surface area (Å²) in [4.78, 5) is -0.349. The molecule has 16 heavy (non-hydrogen) atoms. The average molecular weight is 247 g/mol. The van der Waals surface area contributed by atoms with Crippen LogP contribution in [0.4, 0.5) is 4.39 Å². The zero-order chi connectivity index (χ0) is 12.2. The van der Waals surface area contributed by atoms with Gasteiger partial charge in [-0.25, -0.2) is 17.5 Å². The van der Waals surface area contributed by atoms with Crippen molar-refractivity contribution in [1.29, 1.82) is 0 Å². The Morgan fingerprint density at radius 2 is 2.06 bits per heavy atom. The molecule has 0 heterocycles. The molecular weight excluding hydrogens is 233 g/mol. The summed E-state index contributed by atoms with van der Waals surface area (Å²) in [6.07, 6.45) is 0. The highest BCUT2D eigenvalue weighted by molar-refractivity contribution is 7.89. The van der Waals surface area contributed by atoms with Crippen molar-refractivity contribution in [3.63, 3.8) is 0 Å². The van der Waals surface area contributed by atoms with Gasteiger partial charge >= 0.3 is 0 Å². The molecular formula is C10H14FNO3S. The Morgan fingerprint density at radius 1 is 1.44 bits per heavy atom. The van der Waals surface area contributed by atoms with Gasteiger partial charge in [-0.1, -0.05) is 12.1 Å². The van der Waals surface area contributed by atoms with Crippen molar-refractivity contribution in [3.05, 3.63) is 30.1 Å². The van der Waals surface area contributed by atoms with Crippen LogP contribution < -0.4 is 4.72 Å². The molecule has 0 saturated heterocycles. The van der Waals surface area contributed by atoms with Gasteiger partial charge in [-0.2, -0.15) is 0 Å². The zero-order valence-corrected chi connectivity index (χ0v) is 9.92. The normalized spacial score (nSPS) is 13.7. The summed E-state index contributed by atoms with van der Waals surface area (Å²) in [7, 11) is -2.35. The molecule has 0 bridgehead atoms. The van der Waals surface area contributed by atoms with E-state index in [1.165, 1.54) is 25.3 Å². The minimum Gasteiger partial charge on any atom is -0.383 e. The second kappa shape index (κ2) is 5.38. The van der Waals surface area contributed by atoms with E-state index < -0.39 is 21.9 Å². The summed E-state index contributed by atoms with van der Waals surface area (Å²) in [6.45, 7) is 1.87. The van der Waals surface area contributed by atoms with Crippen molar-refractivity contribution < 1.29 is 17.5 Å². The number of hydrogen-bond acceptors (Lipinski definition) is 3. The van der Waals surface area contributed by atoms with Crippen molar-refractivity contribution in [1.82, 2.24) is 4.72 Å². The van der Waals surface area contributed by atoms with Crippen LogP contribution in [0.15, 0.2) is 29.2 Å². The molecule has 1 rings (SSSR count). The molecule has 0 spiro atoms. The first kappa shape index (κ1) is 13.1. The highest BCUT2D eigenvalue weighted by Crippen LogP contribution is 2.13. The van der Waals surface area contributed by atoms with Gasteiger partial charge < -0.3 is 4.74 Å². The van der Waals surface area contributed by atoms with E-state index in [0.29, 0.717) is 0 Å². The van der Waals surface area contributed by atoms with Crippen LogP contribution in [-0.4, -0.2) is 28.2 Å². The molecule has 6 heteroatoms. The highest BCUT2D eigenvalue weighted by Gasteiger charge is 2.20. The van der Waals surface area contributed by atoms with Crippen molar-refractivity contribution in [2.45, 2.75) is 17.9 Å². The van der Waals surface area contributed by atoms with Crippen molar-refractivity contribution in [2.24, 2.45) is 0 Å². The van der Waals surface area contributed by atoms with E-state index in [-0.39, 0.29) is 11.5 Å². The molecule has 0 aliphatic heterocycles. The second-order valence-electron chi connectivity index (χ2n) is 3.41. The Labute approximate surface area is 94.5 Å². The number of sulfonamides is 1. The molecule has 0 radical (unpaired) electrons. The number of hydrogen-bond donors (Lipinski definition) is 1. The van der Waals surface area contributed by atoms with E-state index in [2.05, 4.69) is 4.72 Å². The van der Waals surface area contributed by atoms with Crippen LogP contribution in [0.25, 0.3) is 0 Å². The molecule has 1 aromatic rings. The lowest BCUT2D eigenvalue weighted by Gasteiger charge is -2.13. The van der Waals surface area contributed by atoms with Gasteiger partial charge in [-0.15, -0.1) is 0 Å². The summed E-state index contributed by atoms with van der Waals surface area (Å²) >= 11 is 0. The van der Waals surface area contributed by atoms with Gasteiger partial charge in [-0.3, -0.25) is 0 Å². The zero-order valence-electron chi connectivity index (χ0n) is 9.10. The highest BCUT2D eigenvalue weighted by atomic mass is 32.2. The van der Waals surface area contributed by atoms with Crippen molar-refractivity contribution in [2.75, 3.05) is 13.7 Å². The van der Waals surface area contributed by atoms with Gasteiger partial charge in [-0.05, 0) is 19.1 Å². The second-order valence-corrected chi connectivity index (χ2v) is 5.09. The maximum atomic E-state index is 13.3. The van der Waals surface area contributed by atoms with Gasteiger partial charge in [0.25, 0.3) is 0 Å². The third-order valence-electron chi connectivity index (χ3n) is 1.90. The van der Waals surface area contributed by atoms with Gasteiger partial charge in [0.05, 0.1) is 6.61 Å². The van der Waals surface area contributed by atoms with Crippen LogP contribution >= 0.6 is 0 Å². The van der Waals surface area contributed by atoms with Crippen LogP contribution in [0.5, 0.6) is 0 Å². The van der Waals surface area contributed by atoms with E-state index in [9.17, 15) is 12.8 Å². The van der Waals surface area contributed by atoms with Crippen LogP contribution in [0, 0.1) is 5.82 Å². The minimum absolute atomic E-state index is 0.230. The topological polar surface area (TPSA) is 55.4 Å². The van der Waals surface area contributed by atoms with Crippen molar-refractivity contribution >= 4 is 10.0 Å². The van der Waals surface area contributed by atoms with Crippen LogP contribution in [0.1, 0.15) is 6.92 Å². The number of methoxy groups -OCH3 is 1. The lowest BCUT2D eigenvalue weighted by Crippen LogP contribution is -2.35. The van der Waals surface area contributed by atoms with Gasteiger partial charge in [0.15, 0.2) is 0 Å². The molecule has 1 atom stereocenters. The summed E-state index contributed by atoms with van der Waals surface area (Å²) in [5.41, 5.74) is 0. The molecule has 0 aromatic heterocycles. The third-order valence-corrected chi connectivity index (χ3v) is 3.52. The predicted octanol–water partition coefficient (Wildman–Crippen LogP) is 1.14. The number of rotatable bonds is 5. The molecule has 1 aromatic carbocycles. The fourth-order valence-corrected chi connectivity index (χ4v) is 2.58. The molecule has 0 unspecified atom stereocenters. The molecule has 0 fully saturated rings. The maximum absolute atomic E-state index is 13.3. The summed E-state index contributed by atoms with van der Waals surface area (Å²) in [5.74, 6) is -0.764. The molecule has 0 saturated carbocycles. The Bertz CT molecular complexity index is 447. The van der Waals surface area contributed by atoms with Gasteiger partial charge in [0, 0.05) is 13.2 Å². The first-order chi connectivity index (χ1) is 7.47. The first-order valence-electron chi connectivity index (χ1n) is 4.73. The van der Waals surface area contributed by atoms with Crippen molar-refractivity contribution in [3.8, 4) is 0 Å². The van der Waals surface area contributed by atoms with E-state index in [1.807, 2.05) is 0 Å². The smallest absolute Gasteiger partial charge is 0.243 e. The number of nitrogens with one attached hydrogen (secondary N) is 1. The minimum atomic E-state index is -3.82. The van der Waals surface area contributed by atoms with E-state index in [1.54, 1.807) is 6.92 Å². The SMILES string of the molecule is COC[C@@H](C)NS(=O)(=O)c1ccccc1F. The summed E-state index contributed by atoms with van der Waals surface area (Å²) in [5, 5.41) is 0. The third kappa shape index (κ3) is 3.26. The summed E-state index contributed by atoms with van der Waals surface area (Å²) < 4.78 is 43.9. The van der Waals surface area contributed by atoms with E-state index >= 15 is 0 Å². The fraction of sp³-hybridized carbons (Fsp3) is 0.400. The van der Waals surface area contributed by atoms with Crippen LogP contribution in [0.3, 0.4) is 0 Å². The Balaban J connectivity index is 2.91. The Kier molecular flexibility index (Phi) is 4.40. The standard InChI is InChI=1S/C10H14FNO3S/c1-8(7-15-2)12-16(13,14)10-6-4-3-5-9(10)11/h3-6,8,12H,7H2,1-2H3/t8-/m1/s1. The Morgan fingerprint density at radius 3 is 2.62 bits per heavy atom. The van der Waals surface area contributed by atoms with Crippen LogP contribution in [0.2, 0.25) is 0 Å². The van der Waals surface area contributed by atoms with E-state index in [0.717, 1.165) is 6.07 Å². The van der Waals surface area contributed by atoms with Gasteiger partial charge in [0.1, 0.15) is 10.7 Å². The lowest BCUT2D eigenvalue weighted by molar-refractivity contribution is 0.180. The average Bonchev–Trinajstić information content (AvgIpc) is 2.17. The molecule has 0 aliphatic carbocycles. The first-order valence-corrected chi connectivity index (χ1v) is 6.21. The predicted molar refractivity (Wildman–Crippen MR) is 58.1 cm³/mol. The molecule has 90 valence electrons. The largest absolute Gasteiger partial charge is 0.383 e. The monoisotopic (exact) mass is 247 g/mol. The molecule has 0 amide bonds. The quantitative estimate of drug-likeness (QED) is 0.849. The van der Waals surface area contributed by atoms with Gasteiger partial charge in [0.2, 0.25) is 10.0 Å². The number of halogens is 1.